The molecule has 1 radical (unpaired) electrons. The summed E-state index contributed by atoms with van der Waals surface area (Å²) in [5, 5.41) is 9.83. The maximum atomic E-state index is 11.9. The Morgan fingerprint density at radius 3 is 2.61 bits per heavy atom. The van der Waals surface area contributed by atoms with E-state index in [1.54, 1.807) is 5.57 Å². The smallest absolute Gasteiger partial charge is 0.309 e. The second-order valence-corrected chi connectivity index (χ2v) is 8.54. The molecule has 2 nitrogen and oxygen atoms in total. The van der Waals surface area contributed by atoms with Gasteiger partial charge in [-0.25, -0.2) is 0 Å². The first-order valence-corrected chi connectivity index (χ1v) is 8.93. The van der Waals surface area contributed by atoms with Crippen LogP contribution in [0.2, 0.25) is 0 Å². The Morgan fingerprint density at radius 1 is 1.30 bits per heavy atom. The average Bonchev–Trinajstić information content (AvgIpc) is 2.46. The van der Waals surface area contributed by atoms with Gasteiger partial charge in [-0.15, -0.1) is 0 Å². The zero-order valence-corrected chi connectivity index (χ0v) is 15.7. The predicted octanol–water partition coefficient (Wildman–Crippen LogP) is 5.20. The van der Waals surface area contributed by atoms with E-state index in [9.17, 15) is 9.90 Å². The molecule has 23 heavy (non-hydrogen) atoms. The van der Waals surface area contributed by atoms with Gasteiger partial charge in [-0.1, -0.05) is 44.9 Å². The van der Waals surface area contributed by atoms with Crippen molar-refractivity contribution in [1.82, 2.24) is 0 Å². The van der Waals surface area contributed by atoms with Crippen LogP contribution < -0.4 is 0 Å². The second-order valence-electron chi connectivity index (χ2n) is 8.54. The van der Waals surface area contributed by atoms with Crippen molar-refractivity contribution in [3.05, 3.63) is 23.3 Å². The van der Waals surface area contributed by atoms with Crippen LogP contribution in [-0.2, 0) is 21.9 Å². The van der Waals surface area contributed by atoms with Crippen LogP contribution in [0.3, 0.4) is 0 Å². The summed E-state index contributed by atoms with van der Waals surface area (Å²) < 4.78 is 0. The van der Waals surface area contributed by atoms with Crippen molar-refractivity contribution >= 4 is 5.97 Å². The number of carboxylic acid groups (broad SMARTS) is 1. The molecule has 0 amide bonds. The number of carboxylic acids is 1. The van der Waals surface area contributed by atoms with E-state index in [4.69, 9.17) is 0 Å². The zero-order chi connectivity index (χ0) is 16.1. The van der Waals surface area contributed by atoms with Crippen molar-refractivity contribution in [2.45, 2.75) is 66.2 Å². The minimum atomic E-state index is -0.588. The molecule has 0 aliphatic heterocycles. The molecule has 0 aromatic rings. The van der Waals surface area contributed by atoms with E-state index in [2.05, 4.69) is 32.9 Å². The van der Waals surface area contributed by atoms with Crippen LogP contribution in [0.5, 0.6) is 0 Å². The van der Waals surface area contributed by atoms with Gasteiger partial charge in [-0.05, 0) is 67.8 Å². The summed E-state index contributed by atoms with van der Waals surface area (Å²) in [5.74, 6) is 0.888. The van der Waals surface area contributed by atoms with Crippen LogP contribution in [0.4, 0.5) is 0 Å². The topological polar surface area (TPSA) is 37.3 Å². The molecule has 0 aromatic heterocycles. The van der Waals surface area contributed by atoms with Crippen molar-refractivity contribution in [1.29, 1.82) is 0 Å². The van der Waals surface area contributed by atoms with Gasteiger partial charge in [0.25, 0.3) is 0 Å². The molecule has 0 heterocycles. The van der Waals surface area contributed by atoms with Gasteiger partial charge in [-0.2, -0.15) is 0 Å². The minimum Gasteiger partial charge on any atom is -0.481 e. The molecular weight excluding hydrogens is 336 g/mol. The first-order valence-electron chi connectivity index (χ1n) is 8.93. The van der Waals surface area contributed by atoms with Gasteiger partial charge in [0.05, 0.1) is 5.41 Å². The molecule has 3 aliphatic rings. The third-order valence-electron chi connectivity index (χ3n) is 7.07. The van der Waals surface area contributed by atoms with Gasteiger partial charge in [-0.3, -0.25) is 4.79 Å². The Morgan fingerprint density at radius 2 is 2.00 bits per heavy atom. The molecule has 3 unspecified atom stereocenters. The number of fused-ring (bicyclic) bond motifs is 3. The summed E-state index contributed by atoms with van der Waals surface area (Å²) in [5.41, 5.74) is 2.69. The largest absolute Gasteiger partial charge is 0.481 e. The van der Waals surface area contributed by atoms with Crippen LogP contribution in [0, 0.1) is 28.6 Å². The summed E-state index contributed by atoms with van der Waals surface area (Å²) in [6, 6.07) is 0. The number of aliphatic carboxylic acids is 1. The fraction of sp³-hybridized carbons (Fsp3) is 0.750. The summed E-state index contributed by atoms with van der Waals surface area (Å²) in [4.78, 5) is 11.9. The van der Waals surface area contributed by atoms with Gasteiger partial charge in [0.15, 0.2) is 0 Å². The van der Waals surface area contributed by atoms with E-state index < -0.39 is 11.4 Å². The molecule has 0 saturated heterocycles. The van der Waals surface area contributed by atoms with E-state index in [1.165, 1.54) is 24.8 Å². The minimum absolute atomic E-state index is 0. The van der Waals surface area contributed by atoms with E-state index in [0.29, 0.717) is 11.8 Å². The Balaban J connectivity index is 0.00000192. The second kappa shape index (κ2) is 6.41. The molecule has 0 spiro atoms. The normalized spacial score (nSPS) is 39.5. The molecule has 1 fully saturated rings. The SMILES string of the molecule is CC(C)C1=CC2=CCC3C(C)(CCC[C@@]3(C)C(=O)O)C2CC1.[Cu]. The Bertz CT molecular complexity index is 548. The molecule has 1 saturated carbocycles. The van der Waals surface area contributed by atoms with Crippen molar-refractivity contribution in [2.24, 2.45) is 28.6 Å². The molecule has 3 heteroatoms. The zero-order valence-electron chi connectivity index (χ0n) is 14.8. The number of rotatable bonds is 2. The molecule has 0 bridgehead atoms. The maximum absolute atomic E-state index is 11.9. The van der Waals surface area contributed by atoms with Crippen LogP contribution in [0.15, 0.2) is 23.3 Å². The quantitative estimate of drug-likeness (QED) is 0.682. The number of carbonyl (C=O) groups is 1. The van der Waals surface area contributed by atoms with Crippen molar-refractivity contribution < 1.29 is 27.0 Å². The first-order chi connectivity index (χ1) is 10.3. The molecular formula is C20H30CuO2. The van der Waals surface area contributed by atoms with Crippen LogP contribution in [0.25, 0.3) is 0 Å². The standard InChI is InChI=1S/C20H30O2.Cu/c1-13(2)14-6-8-16-15(12-14)7-9-17-19(16,3)10-5-11-20(17,4)18(21)22;/h7,12-13,16-17H,5-6,8-11H2,1-4H3,(H,21,22);/t16?,17?,19?,20-;/m1./s1. The van der Waals surface area contributed by atoms with Gasteiger partial charge in [0.1, 0.15) is 0 Å². The monoisotopic (exact) mass is 365 g/mol. The molecule has 3 aliphatic carbocycles. The summed E-state index contributed by atoms with van der Waals surface area (Å²) in [6.45, 7) is 8.93. The van der Waals surface area contributed by atoms with E-state index >= 15 is 0 Å². The van der Waals surface area contributed by atoms with Gasteiger partial charge < -0.3 is 5.11 Å². The molecule has 1 N–H and O–H groups in total. The maximum Gasteiger partial charge on any atom is 0.309 e. The fourth-order valence-electron chi connectivity index (χ4n) is 5.60. The third kappa shape index (κ3) is 2.85. The number of hydrogen-bond donors (Lipinski definition) is 1. The summed E-state index contributed by atoms with van der Waals surface area (Å²) in [6.07, 6.45) is 11.2. The third-order valence-corrected chi connectivity index (χ3v) is 7.07. The first kappa shape index (κ1) is 18.8. The summed E-state index contributed by atoms with van der Waals surface area (Å²) in [7, 11) is 0. The Labute approximate surface area is 151 Å². The van der Waals surface area contributed by atoms with E-state index in [1.807, 2.05) is 6.92 Å². The van der Waals surface area contributed by atoms with Crippen LogP contribution in [0.1, 0.15) is 66.2 Å². The van der Waals surface area contributed by atoms with E-state index in [0.717, 1.165) is 19.3 Å². The Hall–Kier alpha value is -0.531. The average molecular weight is 366 g/mol. The van der Waals surface area contributed by atoms with Crippen LogP contribution in [-0.4, -0.2) is 11.1 Å². The molecule has 3 rings (SSSR count). The van der Waals surface area contributed by atoms with Crippen molar-refractivity contribution in [2.75, 3.05) is 0 Å². The molecule has 4 atom stereocenters. The van der Waals surface area contributed by atoms with Gasteiger partial charge in [0, 0.05) is 17.1 Å². The molecule has 0 aromatic carbocycles. The van der Waals surface area contributed by atoms with Crippen molar-refractivity contribution in [3.8, 4) is 0 Å². The number of allylic oxidation sites excluding steroid dienone is 4. The van der Waals surface area contributed by atoms with Crippen LogP contribution >= 0.6 is 0 Å². The molecule has 133 valence electrons. The number of hydrogen-bond acceptors (Lipinski definition) is 1. The predicted molar refractivity (Wildman–Crippen MR) is 89.5 cm³/mol. The van der Waals surface area contributed by atoms with Gasteiger partial charge in [0.2, 0.25) is 0 Å². The van der Waals surface area contributed by atoms with Crippen molar-refractivity contribution in [3.63, 3.8) is 0 Å². The van der Waals surface area contributed by atoms with Gasteiger partial charge >= 0.3 is 5.97 Å². The summed E-state index contributed by atoms with van der Waals surface area (Å²) >= 11 is 0. The van der Waals surface area contributed by atoms with E-state index in [-0.39, 0.29) is 28.4 Å². The Kier molecular flexibility index (Phi) is 5.24. The fourth-order valence-corrected chi connectivity index (χ4v) is 5.60.